The summed E-state index contributed by atoms with van der Waals surface area (Å²) in [6.45, 7) is 1.79. The Hall–Kier alpha value is -5.07. The highest BCUT2D eigenvalue weighted by Gasteiger charge is 2.24. The molecule has 1 N–H and O–H groups in total. The molecule has 0 bridgehead atoms. The fourth-order valence-electron chi connectivity index (χ4n) is 3.22. The molecule has 0 saturated carbocycles. The number of nitrogens with one attached hydrogen (secondary N) is 1. The first-order valence-corrected chi connectivity index (χ1v) is 12.1. The van der Waals surface area contributed by atoms with Crippen LogP contribution in [0.25, 0.3) is 6.08 Å². The number of benzene rings is 3. The first-order chi connectivity index (χ1) is 18.9. The maximum Gasteiger partial charge on any atom is 0.318 e. The van der Waals surface area contributed by atoms with Crippen LogP contribution in [0.2, 0.25) is 5.02 Å². The number of carbonyl (C=O) groups excluding carboxylic acids is 1. The van der Waals surface area contributed by atoms with E-state index in [1.165, 1.54) is 24.3 Å². The molecule has 0 radical (unpaired) electrons. The molecule has 3 aromatic carbocycles. The highest BCUT2D eigenvalue weighted by molar-refractivity contribution is 9.10. The summed E-state index contributed by atoms with van der Waals surface area (Å²) < 4.78 is 11.5. The number of nitro benzene ring substituents is 3. The fourth-order valence-corrected chi connectivity index (χ4v) is 3.92. The molecule has 0 aromatic heterocycles. The summed E-state index contributed by atoms with van der Waals surface area (Å²) in [5, 5.41) is 45.5. The lowest BCUT2D eigenvalue weighted by Crippen LogP contribution is -2.14. The van der Waals surface area contributed by atoms with Gasteiger partial charge >= 0.3 is 5.69 Å². The number of amides is 1. The van der Waals surface area contributed by atoms with E-state index in [2.05, 4.69) is 21.2 Å². The maximum absolute atomic E-state index is 12.8. The molecule has 0 aliphatic carbocycles. The van der Waals surface area contributed by atoms with Gasteiger partial charge in [0.25, 0.3) is 17.3 Å². The predicted molar refractivity (Wildman–Crippen MR) is 145 cm³/mol. The lowest BCUT2D eigenvalue weighted by Gasteiger charge is -2.14. The smallest absolute Gasteiger partial charge is 0.318 e. The van der Waals surface area contributed by atoms with Crippen LogP contribution in [-0.2, 0) is 4.79 Å². The van der Waals surface area contributed by atoms with Crippen LogP contribution in [-0.4, -0.2) is 27.3 Å². The van der Waals surface area contributed by atoms with E-state index in [0.29, 0.717) is 0 Å². The number of halogens is 2. The van der Waals surface area contributed by atoms with Gasteiger partial charge in [-0.25, -0.2) is 0 Å². The first-order valence-electron chi connectivity index (χ1n) is 10.9. The van der Waals surface area contributed by atoms with Gasteiger partial charge in [0.2, 0.25) is 5.75 Å². The number of ether oxygens (including phenoxy) is 2. The van der Waals surface area contributed by atoms with Gasteiger partial charge in [-0.2, -0.15) is 5.26 Å². The van der Waals surface area contributed by atoms with Crippen molar-refractivity contribution in [2.24, 2.45) is 0 Å². The van der Waals surface area contributed by atoms with E-state index < -0.39 is 37.6 Å². The van der Waals surface area contributed by atoms with E-state index in [1.54, 1.807) is 13.0 Å². The Kier molecular flexibility index (Phi) is 9.33. The number of hydrogen-bond donors (Lipinski definition) is 1. The Morgan fingerprint density at radius 3 is 2.27 bits per heavy atom. The summed E-state index contributed by atoms with van der Waals surface area (Å²) in [6, 6.07) is 10.9. The van der Waals surface area contributed by atoms with E-state index >= 15 is 0 Å². The van der Waals surface area contributed by atoms with Crippen molar-refractivity contribution in [1.82, 2.24) is 0 Å². The molecule has 0 atom stereocenters. The van der Waals surface area contributed by atoms with Crippen LogP contribution in [0, 0.1) is 41.7 Å². The number of non-ortho nitro benzene ring substituents is 2. The topological polar surface area (TPSA) is 201 Å². The lowest BCUT2D eigenvalue weighted by atomic mass is 10.1. The van der Waals surface area contributed by atoms with Crippen molar-refractivity contribution in [3.05, 3.63) is 99.5 Å². The Morgan fingerprint density at radius 2 is 1.68 bits per heavy atom. The SMILES string of the molecule is CCOc1cc(/C=C(\C#N)C(=O)Nc2cc([N+](=O)[O-])ccc2Cl)cc(Br)c1Oc1ccc([N+](=O)[O-])cc1[N+](=O)[O-]. The second kappa shape index (κ2) is 12.7. The summed E-state index contributed by atoms with van der Waals surface area (Å²) >= 11 is 9.30. The third-order valence-corrected chi connectivity index (χ3v) is 5.90. The molecule has 0 heterocycles. The molecule has 0 unspecified atom stereocenters. The standard InChI is InChI=1S/C24H15BrClN5O9/c1-2-39-22-9-13(7-14(12-27)24(32)28-19-10-15(29(33)34)3-5-18(19)26)8-17(25)23(22)40-21-6-4-16(30(35)36)11-20(21)31(37)38/h3-11H,2H2,1H3,(H,28,32)/b14-7+. The average molecular weight is 633 g/mol. The molecule has 0 fully saturated rings. The van der Waals surface area contributed by atoms with E-state index in [4.69, 9.17) is 21.1 Å². The molecule has 0 saturated heterocycles. The average Bonchev–Trinajstić information content (AvgIpc) is 2.90. The van der Waals surface area contributed by atoms with Crippen molar-refractivity contribution < 1.29 is 29.0 Å². The Morgan fingerprint density at radius 1 is 1.02 bits per heavy atom. The normalized spacial score (nSPS) is 10.8. The number of nitrogens with zero attached hydrogens (tertiary/aromatic N) is 4. The molecule has 204 valence electrons. The first kappa shape index (κ1) is 29.5. The van der Waals surface area contributed by atoms with Gasteiger partial charge in [0.1, 0.15) is 11.6 Å². The lowest BCUT2D eigenvalue weighted by molar-refractivity contribution is -0.394. The van der Waals surface area contributed by atoms with Crippen molar-refractivity contribution in [3.8, 4) is 23.3 Å². The predicted octanol–water partition coefficient (Wildman–Crippen LogP) is 6.56. The van der Waals surface area contributed by atoms with Crippen LogP contribution < -0.4 is 14.8 Å². The Bertz CT molecular complexity index is 1620. The van der Waals surface area contributed by atoms with Gasteiger partial charge in [0.05, 0.1) is 42.6 Å². The quantitative estimate of drug-likeness (QED) is 0.110. The zero-order valence-electron chi connectivity index (χ0n) is 20.1. The minimum atomic E-state index is -0.902. The molecule has 14 nitrogen and oxygen atoms in total. The second-order valence-corrected chi connectivity index (χ2v) is 8.84. The minimum absolute atomic E-state index is 0.0118. The molecule has 1 amide bonds. The third kappa shape index (κ3) is 6.87. The third-order valence-electron chi connectivity index (χ3n) is 4.98. The second-order valence-electron chi connectivity index (χ2n) is 7.58. The van der Waals surface area contributed by atoms with Crippen molar-refractivity contribution >= 4 is 62.3 Å². The number of anilines is 1. The molecule has 0 spiro atoms. The number of nitriles is 1. The Labute approximate surface area is 238 Å². The van der Waals surface area contributed by atoms with Crippen LogP contribution in [0.15, 0.2) is 58.6 Å². The zero-order chi connectivity index (χ0) is 29.6. The zero-order valence-corrected chi connectivity index (χ0v) is 22.5. The van der Waals surface area contributed by atoms with Gasteiger partial charge in [0, 0.05) is 18.2 Å². The van der Waals surface area contributed by atoms with Crippen molar-refractivity contribution in [1.29, 1.82) is 5.26 Å². The summed E-state index contributed by atoms with van der Waals surface area (Å²) in [5.74, 6) is -1.15. The molecule has 40 heavy (non-hydrogen) atoms. The fraction of sp³-hybridized carbons (Fsp3) is 0.0833. The van der Waals surface area contributed by atoms with Crippen LogP contribution in [0.5, 0.6) is 17.2 Å². The van der Waals surface area contributed by atoms with Crippen LogP contribution in [0.3, 0.4) is 0 Å². The maximum atomic E-state index is 12.8. The molecular weight excluding hydrogens is 618 g/mol. The van der Waals surface area contributed by atoms with Gasteiger partial charge in [-0.1, -0.05) is 11.6 Å². The van der Waals surface area contributed by atoms with Crippen LogP contribution in [0.1, 0.15) is 12.5 Å². The summed E-state index contributed by atoms with van der Waals surface area (Å²) in [6.07, 6.45) is 1.20. The number of carbonyl (C=O) groups is 1. The van der Waals surface area contributed by atoms with Gasteiger partial charge in [-0.05, 0) is 58.8 Å². The van der Waals surface area contributed by atoms with Crippen molar-refractivity contribution in [3.63, 3.8) is 0 Å². The molecular formula is C24H15BrClN5O9. The van der Waals surface area contributed by atoms with E-state index in [0.717, 1.165) is 30.3 Å². The molecule has 16 heteroatoms. The van der Waals surface area contributed by atoms with Crippen molar-refractivity contribution in [2.75, 3.05) is 11.9 Å². The largest absolute Gasteiger partial charge is 0.490 e. The van der Waals surface area contributed by atoms with Gasteiger partial charge < -0.3 is 14.8 Å². The van der Waals surface area contributed by atoms with Crippen molar-refractivity contribution in [2.45, 2.75) is 6.92 Å². The summed E-state index contributed by atoms with van der Waals surface area (Å²) in [4.78, 5) is 44.0. The number of nitro groups is 3. The van der Waals surface area contributed by atoms with E-state index in [9.17, 15) is 40.4 Å². The molecule has 3 rings (SSSR count). The molecule has 0 aliphatic heterocycles. The highest BCUT2D eigenvalue weighted by atomic mass is 79.9. The summed E-state index contributed by atoms with van der Waals surface area (Å²) in [5.41, 5.74) is -1.68. The summed E-state index contributed by atoms with van der Waals surface area (Å²) in [7, 11) is 0. The monoisotopic (exact) mass is 631 g/mol. The minimum Gasteiger partial charge on any atom is -0.490 e. The van der Waals surface area contributed by atoms with E-state index in [-0.39, 0.29) is 50.3 Å². The van der Waals surface area contributed by atoms with Crippen LogP contribution in [0.4, 0.5) is 22.7 Å². The molecule has 0 aliphatic rings. The Balaban J connectivity index is 1.99. The molecule has 3 aromatic rings. The van der Waals surface area contributed by atoms with Crippen LogP contribution >= 0.6 is 27.5 Å². The highest BCUT2D eigenvalue weighted by Crippen LogP contribution is 2.43. The number of hydrogen-bond acceptors (Lipinski definition) is 10. The van der Waals surface area contributed by atoms with E-state index in [1.807, 2.05) is 0 Å². The van der Waals surface area contributed by atoms with Gasteiger partial charge in [-0.15, -0.1) is 0 Å². The number of rotatable bonds is 10. The van der Waals surface area contributed by atoms with Gasteiger partial charge in [-0.3, -0.25) is 35.1 Å². The van der Waals surface area contributed by atoms with Gasteiger partial charge in [0.15, 0.2) is 11.5 Å².